The first-order valence-electron chi connectivity index (χ1n) is 9.89. The molecule has 6 nitrogen and oxygen atoms in total. The number of nitrogens with one attached hydrogen (secondary N) is 1. The van der Waals surface area contributed by atoms with Crippen molar-refractivity contribution in [2.45, 2.75) is 58.7 Å². The molecule has 1 aromatic rings. The second-order valence-corrected chi connectivity index (χ2v) is 7.49. The van der Waals surface area contributed by atoms with Crippen LogP contribution in [0, 0.1) is 6.92 Å². The highest BCUT2D eigenvalue weighted by Gasteiger charge is 2.30. The molecule has 0 aromatic heterocycles. The summed E-state index contributed by atoms with van der Waals surface area (Å²) in [4.78, 5) is 27.9. The van der Waals surface area contributed by atoms with Crippen molar-refractivity contribution in [3.8, 4) is 0 Å². The second-order valence-electron chi connectivity index (χ2n) is 7.49. The summed E-state index contributed by atoms with van der Waals surface area (Å²) in [5, 5.41) is 12.2. The monoisotopic (exact) mass is 411 g/mol. The lowest BCUT2D eigenvalue weighted by Crippen LogP contribution is -2.52. The van der Waals surface area contributed by atoms with Crippen LogP contribution in [0.3, 0.4) is 0 Å². The molecule has 1 saturated heterocycles. The molecule has 1 amide bonds. The van der Waals surface area contributed by atoms with Crippen molar-refractivity contribution in [3.63, 3.8) is 0 Å². The van der Waals surface area contributed by atoms with Gasteiger partial charge in [-0.25, -0.2) is 0 Å². The maximum Gasteiger partial charge on any atom is 0.317 e. The van der Waals surface area contributed by atoms with Crippen LogP contribution in [0.1, 0.15) is 50.8 Å². The van der Waals surface area contributed by atoms with Crippen molar-refractivity contribution >= 4 is 24.3 Å². The zero-order valence-corrected chi connectivity index (χ0v) is 18.2. The van der Waals surface area contributed by atoms with Crippen LogP contribution in [-0.4, -0.2) is 65.0 Å². The molecular formula is C21H34ClN3O3. The number of halogens is 1. The van der Waals surface area contributed by atoms with Crippen LogP contribution in [0.5, 0.6) is 0 Å². The van der Waals surface area contributed by atoms with Crippen LogP contribution >= 0.6 is 12.4 Å². The Morgan fingerprint density at radius 2 is 1.86 bits per heavy atom. The summed E-state index contributed by atoms with van der Waals surface area (Å²) < 4.78 is 0. The van der Waals surface area contributed by atoms with E-state index in [1.807, 2.05) is 37.8 Å². The molecule has 0 aliphatic carbocycles. The van der Waals surface area contributed by atoms with Crippen LogP contribution in [0.2, 0.25) is 0 Å². The minimum absolute atomic E-state index is 0. The first-order valence-corrected chi connectivity index (χ1v) is 9.89. The first kappa shape index (κ1) is 24.4. The van der Waals surface area contributed by atoms with Crippen molar-refractivity contribution in [1.29, 1.82) is 0 Å². The van der Waals surface area contributed by atoms with E-state index in [4.69, 9.17) is 5.11 Å². The number of likely N-dealkylation sites (N-methyl/N-ethyl adjacent to an activating group) is 1. The van der Waals surface area contributed by atoms with Gasteiger partial charge in [0.1, 0.15) is 0 Å². The first-order chi connectivity index (χ1) is 12.8. The molecule has 1 heterocycles. The van der Waals surface area contributed by atoms with Gasteiger partial charge in [0.2, 0.25) is 5.91 Å². The number of piperidine rings is 1. The average molecular weight is 412 g/mol. The highest BCUT2D eigenvalue weighted by Crippen LogP contribution is 2.20. The molecule has 0 saturated carbocycles. The van der Waals surface area contributed by atoms with Gasteiger partial charge in [0.25, 0.3) is 0 Å². The molecule has 2 rings (SSSR count). The Morgan fingerprint density at radius 1 is 1.25 bits per heavy atom. The number of aryl methyl sites for hydroxylation is 1. The number of carbonyl (C=O) groups excluding carboxylic acids is 1. The molecule has 0 spiro atoms. The fourth-order valence-electron chi connectivity index (χ4n) is 3.96. The topological polar surface area (TPSA) is 72.9 Å². The Kier molecular flexibility index (Phi) is 9.93. The highest BCUT2D eigenvalue weighted by molar-refractivity contribution is 5.85. The smallest absolute Gasteiger partial charge is 0.317 e. The van der Waals surface area contributed by atoms with E-state index in [1.54, 1.807) is 0 Å². The predicted octanol–water partition coefficient (Wildman–Crippen LogP) is 2.85. The molecule has 1 aromatic carbocycles. The third kappa shape index (κ3) is 6.47. The average Bonchev–Trinajstić information content (AvgIpc) is 2.65. The number of hydrogen-bond acceptors (Lipinski definition) is 4. The van der Waals surface area contributed by atoms with Crippen LogP contribution < -0.4 is 5.32 Å². The fourth-order valence-corrected chi connectivity index (χ4v) is 3.96. The van der Waals surface area contributed by atoms with Gasteiger partial charge in [-0.05, 0) is 51.3 Å². The fraction of sp³-hybridized carbons (Fsp3) is 0.619. The molecule has 2 unspecified atom stereocenters. The number of benzene rings is 1. The standard InChI is InChI=1S/C21H33N3O3.ClH/c1-5-23(14-20(25)26)18-10-12-24(13-11-18)17(4)21(27)22-16(3)19-9-7-6-8-15(19)2;/h6-9,16-18H,5,10-14H2,1-4H3,(H,22,27)(H,25,26);1H. The zero-order chi connectivity index (χ0) is 20.0. The molecule has 0 radical (unpaired) electrons. The molecule has 2 N–H and O–H groups in total. The number of carboxylic acids is 1. The van der Waals surface area contributed by atoms with E-state index in [0.717, 1.165) is 38.0 Å². The van der Waals surface area contributed by atoms with Crippen LogP contribution in [0.25, 0.3) is 0 Å². The predicted molar refractivity (Wildman–Crippen MR) is 114 cm³/mol. The van der Waals surface area contributed by atoms with Crippen molar-refractivity contribution in [3.05, 3.63) is 35.4 Å². The van der Waals surface area contributed by atoms with Gasteiger partial charge in [-0.15, -0.1) is 12.4 Å². The molecule has 1 aliphatic rings. The van der Waals surface area contributed by atoms with Crippen molar-refractivity contribution in [1.82, 2.24) is 15.1 Å². The molecular weight excluding hydrogens is 378 g/mol. The van der Waals surface area contributed by atoms with Crippen molar-refractivity contribution in [2.75, 3.05) is 26.2 Å². The number of aliphatic carboxylic acids is 1. The Balaban J connectivity index is 0.00000392. The van der Waals surface area contributed by atoms with Gasteiger partial charge in [0, 0.05) is 19.1 Å². The Labute approximate surface area is 174 Å². The summed E-state index contributed by atoms with van der Waals surface area (Å²) in [6.45, 7) is 10.5. The highest BCUT2D eigenvalue weighted by atomic mass is 35.5. The maximum atomic E-state index is 12.7. The van der Waals surface area contributed by atoms with Crippen LogP contribution in [0.4, 0.5) is 0 Å². The van der Waals surface area contributed by atoms with E-state index in [-0.39, 0.29) is 43.0 Å². The summed E-state index contributed by atoms with van der Waals surface area (Å²) in [6, 6.07) is 8.18. The number of carbonyl (C=O) groups is 2. The number of likely N-dealkylation sites (tertiary alicyclic amines) is 1. The second kappa shape index (κ2) is 11.4. The summed E-state index contributed by atoms with van der Waals surface area (Å²) in [7, 11) is 0. The van der Waals surface area contributed by atoms with Gasteiger partial charge in [-0.3, -0.25) is 19.4 Å². The maximum absolute atomic E-state index is 12.7. The third-order valence-corrected chi connectivity index (χ3v) is 5.70. The SMILES string of the molecule is CCN(CC(=O)O)C1CCN(C(C)C(=O)NC(C)c2ccccc2C)CC1.Cl. The van der Waals surface area contributed by atoms with Gasteiger partial charge in [-0.1, -0.05) is 31.2 Å². The van der Waals surface area contributed by atoms with Gasteiger partial charge < -0.3 is 10.4 Å². The Bertz CT molecular complexity index is 648. The minimum Gasteiger partial charge on any atom is -0.480 e. The van der Waals surface area contributed by atoms with Crippen molar-refractivity contribution in [2.24, 2.45) is 0 Å². The van der Waals surface area contributed by atoms with E-state index in [2.05, 4.69) is 29.3 Å². The number of nitrogens with zero attached hydrogens (tertiary/aromatic N) is 2. The summed E-state index contributed by atoms with van der Waals surface area (Å²) in [6.07, 6.45) is 1.79. The van der Waals surface area contributed by atoms with Crippen molar-refractivity contribution < 1.29 is 14.7 Å². The third-order valence-electron chi connectivity index (χ3n) is 5.70. The van der Waals surface area contributed by atoms with E-state index in [9.17, 15) is 9.59 Å². The van der Waals surface area contributed by atoms with Gasteiger partial charge in [0.05, 0.1) is 18.6 Å². The number of amides is 1. The van der Waals surface area contributed by atoms with Gasteiger partial charge in [0.15, 0.2) is 0 Å². The number of rotatable bonds is 8. The van der Waals surface area contributed by atoms with Gasteiger partial charge >= 0.3 is 5.97 Å². The largest absolute Gasteiger partial charge is 0.480 e. The molecule has 2 atom stereocenters. The Morgan fingerprint density at radius 3 is 2.39 bits per heavy atom. The molecule has 1 fully saturated rings. The number of carboxylic acid groups (broad SMARTS) is 1. The van der Waals surface area contributed by atoms with Crippen LogP contribution in [0.15, 0.2) is 24.3 Å². The summed E-state index contributed by atoms with van der Waals surface area (Å²) in [5.41, 5.74) is 2.32. The summed E-state index contributed by atoms with van der Waals surface area (Å²) in [5.74, 6) is -0.737. The molecule has 28 heavy (non-hydrogen) atoms. The molecule has 1 aliphatic heterocycles. The lowest BCUT2D eigenvalue weighted by Gasteiger charge is -2.39. The van der Waals surface area contributed by atoms with E-state index in [0.29, 0.717) is 0 Å². The molecule has 7 heteroatoms. The van der Waals surface area contributed by atoms with E-state index >= 15 is 0 Å². The van der Waals surface area contributed by atoms with E-state index in [1.165, 1.54) is 5.56 Å². The normalized spacial score (nSPS) is 17.6. The van der Waals surface area contributed by atoms with Crippen LogP contribution in [-0.2, 0) is 9.59 Å². The quantitative estimate of drug-likeness (QED) is 0.688. The summed E-state index contributed by atoms with van der Waals surface area (Å²) >= 11 is 0. The Hall–Kier alpha value is -1.63. The molecule has 0 bridgehead atoms. The lowest BCUT2D eigenvalue weighted by molar-refractivity contribution is -0.139. The zero-order valence-electron chi connectivity index (χ0n) is 17.4. The minimum atomic E-state index is -0.780. The van der Waals surface area contributed by atoms with E-state index < -0.39 is 5.97 Å². The van der Waals surface area contributed by atoms with Gasteiger partial charge in [-0.2, -0.15) is 0 Å². The lowest BCUT2D eigenvalue weighted by atomic mass is 10.0. The number of hydrogen-bond donors (Lipinski definition) is 2. The molecule has 158 valence electrons.